The third-order valence-electron chi connectivity index (χ3n) is 1.80. The molecule has 0 aromatic carbocycles. The van der Waals surface area contributed by atoms with Gasteiger partial charge >= 0.3 is 11.9 Å². The van der Waals surface area contributed by atoms with Gasteiger partial charge in [0, 0.05) is 5.92 Å². The maximum atomic E-state index is 11.5. The highest BCUT2D eigenvalue weighted by molar-refractivity contribution is 7.14. The molecule has 0 aliphatic heterocycles. The fraction of sp³-hybridized carbons (Fsp3) is 0.417. The minimum absolute atomic E-state index is 0.276. The standard InChI is InChI=1S/C12H13NO4S/c1-4-16-10(14)7-6-9-13-8(3)11(18-9)12(15)17-5-2/h4-5H2,1-3H3. The SMILES string of the molecule is CCOC(=O)C#Cc1nc(C)c(C(=O)OCC)s1. The maximum Gasteiger partial charge on any atom is 0.384 e. The Labute approximate surface area is 109 Å². The molecule has 18 heavy (non-hydrogen) atoms. The van der Waals surface area contributed by atoms with Crippen molar-refractivity contribution in [1.29, 1.82) is 0 Å². The van der Waals surface area contributed by atoms with Crippen molar-refractivity contribution in [3.8, 4) is 11.8 Å². The predicted molar refractivity (Wildman–Crippen MR) is 66.3 cm³/mol. The normalized spacial score (nSPS) is 9.28. The van der Waals surface area contributed by atoms with Gasteiger partial charge in [0.15, 0.2) is 5.01 Å². The Balaban J connectivity index is 2.84. The van der Waals surface area contributed by atoms with E-state index in [2.05, 4.69) is 21.6 Å². The monoisotopic (exact) mass is 267 g/mol. The minimum Gasteiger partial charge on any atom is -0.462 e. The van der Waals surface area contributed by atoms with Gasteiger partial charge in [0.05, 0.1) is 18.9 Å². The summed E-state index contributed by atoms with van der Waals surface area (Å²) < 4.78 is 9.54. The average molecular weight is 267 g/mol. The van der Waals surface area contributed by atoms with E-state index in [-0.39, 0.29) is 6.61 Å². The molecule has 0 atom stereocenters. The zero-order valence-electron chi connectivity index (χ0n) is 10.4. The Hall–Kier alpha value is -1.87. The number of carbonyl (C=O) groups is 2. The largest absolute Gasteiger partial charge is 0.462 e. The molecule has 0 radical (unpaired) electrons. The first-order valence-electron chi connectivity index (χ1n) is 5.41. The van der Waals surface area contributed by atoms with E-state index in [9.17, 15) is 9.59 Å². The predicted octanol–water partition coefficient (Wildman–Crippen LogP) is 1.54. The second-order valence-corrected chi connectivity index (χ2v) is 4.12. The van der Waals surface area contributed by atoms with Crippen molar-refractivity contribution in [1.82, 2.24) is 4.98 Å². The molecule has 0 spiro atoms. The van der Waals surface area contributed by atoms with Crippen LogP contribution in [0.15, 0.2) is 0 Å². The van der Waals surface area contributed by atoms with Gasteiger partial charge in [0.1, 0.15) is 4.88 Å². The summed E-state index contributed by atoms with van der Waals surface area (Å²) in [7, 11) is 0. The van der Waals surface area contributed by atoms with E-state index in [1.807, 2.05) is 0 Å². The van der Waals surface area contributed by atoms with Crippen LogP contribution in [-0.2, 0) is 14.3 Å². The first-order chi connectivity index (χ1) is 8.58. The molecule has 96 valence electrons. The van der Waals surface area contributed by atoms with Gasteiger partial charge in [-0.15, -0.1) is 0 Å². The third kappa shape index (κ3) is 3.86. The van der Waals surface area contributed by atoms with Crippen molar-refractivity contribution in [2.45, 2.75) is 20.8 Å². The van der Waals surface area contributed by atoms with E-state index in [0.717, 1.165) is 11.3 Å². The van der Waals surface area contributed by atoms with Crippen LogP contribution in [0.25, 0.3) is 0 Å². The Morgan fingerprint density at radius 1 is 1.28 bits per heavy atom. The molecule has 1 aromatic heterocycles. The number of nitrogens with zero attached hydrogens (tertiary/aromatic N) is 1. The summed E-state index contributed by atoms with van der Waals surface area (Å²) in [5, 5.41) is 0.392. The summed E-state index contributed by atoms with van der Waals surface area (Å²) >= 11 is 1.10. The molecule has 1 aromatic rings. The number of hydrogen-bond donors (Lipinski definition) is 0. The van der Waals surface area contributed by atoms with Crippen molar-refractivity contribution in [3.63, 3.8) is 0 Å². The molecule has 1 rings (SSSR count). The van der Waals surface area contributed by atoms with Crippen molar-refractivity contribution in [2.24, 2.45) is 0 Å². The van der Waals surface area contributed by atoms with E-state index < -0.39 is 11.9 Å². The van der Waals surface area contributed by atoms with Crippen LogP contribution >= 0.6 is 11.3 Å². The summed E-state index contributed by atoms with van der Waals surface area (Å²) in [6.07, 6.45) is 0. The number of hydrogen-bond acceptors (Lipinski definition) is 6. The molecule has 0 unspecified atom stereocenters. The second kappa shape index (κ2) is 6.77. The lowest BCUT2D eigenvalue weighted by Gasteiger charge is -1.97. The second-order valence-electron chi connectivity index (χ2n) is 3.12. The number of ether oxygens (including phenoxy) is 2. The summed E-state index contributed by atoms with van der Waals surface area (Å²) in [6, 6.07) is 0. The summed E-state index contributed by atoms with van der Waals surface area (Å²) in [5.74, 6) is 3.83. The van der Waals surface area contributed by atoms with Crippen LogP contribution in [0.3, 0.4) is 0 Å². The van der Waals surface area contributed by atoms with Crippen molar-refractivity contribution >= 4 is 23.3 Å². The molecule has 1 heterocycles. The highest BCUT2D eigenvalue weighted by Crippen LogP contribution is 2.18. The molecule has 5 nitrogen and oxygen atoms in total. The number of thiazole rings is 1. The van der Waals surface area contributed by atoms with Gasteiger partial charge < -0.3 is 9.47 Å². The Morgan fingerprint density at radius 2 is 1.94 bits per heavy atom. The Morgan fingerprint density at radius 3 is 2.56 bits per heavy atom. The van der Waals surface area contributed by atoms with Gasteiger partial charge in [-0.05, 0) is 26.7 Å². The quantitative estimate of drug-likeness (QED) is 0.614. The molecule has 0 bridgehead atoms. The van der Waals surface area contributed by atoms with E-state index >= 15 is 0 Å². The maximum absolute atomic E-state index is 11.5. The first-order valence-corrected chi connectivity index (χ1v) is 6.23. The summed E-state index contributed by atoms with van der Waals surface area (Å²) in [5.41, 5.74) is 0.548. The molecule has 0 amide bonds. The first kappa shape index (κ1) is 14.2. The molecule has 6 heteroatoms. The van der Waals surface area contributed by atoms with Gasteiger partial charge in [-0.1, -0.05) is 11.3 Å². The van der Waals surface area contributed by atoms with Gasteiger partial charge in [-0.2, -0.15) is 0 Å². The summed E-state index contributed by atoms with van der Waals surface area (Å²) in [6.45, 7) is 5.71. The van der Waals surface area contributed by atoms with E-state index in [0.29, 0.717) is 22.2 Å². The molecule has 0 aliphatic rings. The topological polar surface area (TPSA) is 65.5 Å². The van der Waals surface area contributed by atoms with Crippen LogP contribution in [0.1, 0.15) is 34.2 Å². The smallest absolute Gasteiger partial charge is 0.384 e. The van der Waals surface area contributed by atoms with E-state index in [4.69, 9.17) is 4.74 Å². The molecule has 0 N–H and O–H groups in total. The van der Waals surface area contributed by atoms with E-state index in [1.165, 1.54) is 0 Å². The highest BCUT2D eigenvalue weighted by atomic mass is 32.1. The zero-order valence-corrected chi connectivity index (χ0v) is 11.2. The van der Waals surface area contributed by atoms with Crippen molar-refractivity contribution < 1.29 is 19.1 Å². The van der Waals surface area contributed by atoms with Crippen LogP contribution < -0.4 is 0 Å². The Bertz CT molecular complexity index is 510. The van der Waals surface area contributed by atoms with Crippen LogP contribution in [0, 0.1) is 18.8 Å². The minimum atomic E-state index is -0.608. The fourth-order valence-electron chi connectivity index (χ4n) is 1.11. The molecule has 0 aliphatic carbocycles. The fourth-order valence-corrected chi connectivity index (χ4v) is 1.92. The lowest BCUT2D eigenvalue weighted by Crippen LogP contribution is -2.03. The average Bonchev–Trinajstić information content (AvgIpc) is 2.69. The highest BCUT2D eigenvalue weighted by Gasteiger charge is 2.15. The van der Waals surface area contributed by atoms with Crippen molar-refractivity contribution in [3.05, 3.63) is 15.6 Å². The van der Waals surface area contributed by atoms with Gasteiger partial charge in [-0.25, -0.2) is 14.6 Å². The van der Waals surface area contributed by atoms with E-state index in [1.54, 1.807) is 20.8 Å². The van der Waals surface area contributed by atoms with Crippen LogP contribution in [-0.4, -0.2) is 30.1 Å². The molecule has 0 fully saturated rings. The van der Waals surface area contributed by atoms with Gasteiger partial charge in [0.2, 0.25) is 0 Å². The summed E-state index contributed by atoms with van der Waals surface area (Å²) in [4.78, 5) is 27.1. The molecular formula is C12H13NO4S. The number of esters is 2. The molecule has 0 saturated heterocycles. The third-order valence-corrected chi connectivity index (χ3v) is 2.86. The number of aromatic nitrogens is 1. The lowest BCUT2D eigenvalue weighted by atomic mass is 10.4. The van der Waals surface area contributed by atoms with Crippen LogP contribution in [0.4, 0.5) is 0 Å². The Kier molecular flexibility index (Phi) is 5.33. The molecule has 0 saturated carbocycles. The van der Waals surface area contributed by atoms with Crippen LogP contribution in [0.2, 0.25) is 0 Å². The number of aryl methyl sites for hydroxylation is 1. The zero-order chi connectivity index (χ0) is 13.5. The van der Waals surface area contributed by atoms with Crippen LogP contribution in [0.5, 0.6) is 0 Å². The van der Waals surface area contributed by atoms with Crippen molar-refractivity contribution in [2.75, 3.05) is 13.2 Å². The lowest BCUT2D eigenvalue weighted by molar-refractivity contribution is -0.136. The number of rotatable bonds is 3. The number of carbonyl (C=O) groups excluding carboxylic acids is 2. The molecular weight excluding hydrogens is 254 g/mol. The van der Waals surface area contributed by atoms with Gasteiger partial charge in [0.25, 0.3) is 0 Å². The van der Waals surface area contributed by atoms with Gasteiger partial charge in [-0.3, -0.25) is 0 Å².